The van der Waals surface area contributed by atoms with E-state index in [1.165, 1.54) is 36.9 Å². The summed E-state index contributed by atoms with van der Waals surface area (Å²) in [6, 6.07) is 0.725. The molecule has 5 heteroatoms. The van der Waals surface area contributed by atoms with Gasteiger partial charge in [0.2, 0.25) is 0 Å². The number of likely N-dealkylation sites (tertiary alicyclic amines) is 1. The standard InChI is InChI=1S/C18H28N4O/c1-2-22-16-9-12-21(14-7-3-4-8-14)13-15(16)17(19-22)18(23)20-10-5-6-11-20/h14H,2-13H2,1H3. The van der Waals surface area contributed by atoms with Crippen LogP contribution in [0.3, 0.4) is 0 Å². The molecule has 1 saturated heterocycles. The summed E-state index contributed by atoms with van der Waals surface area (Å²) >= 11 is 0. The highest BCUT2D eigenvalue weighted by Gasteiger charge is 2.33. The first kappa shape index (κ1) is 15.2. The van der Waals surface area contributed by atoms with E-state index in [4.69, 9.17) is 5.10 Å². The maximum Gasteiger partial charge on any atom is 0.274 e. The van der Waals surface area contributed by atoms with Crippen molar-refractivity contribution in [1.29, 1.82) is 0 Å². The van der Waals surface area contributed by atoms with Crippen LogP contribution < -0.4 is 0 Å². The predicted molar refractivity (Wildman–Crippen MR) is 89.4 cm³/mol. The molecule has 1 aromatic rings. The van der Waals surface area contributed by atoms with Crippen molar-refractivity contribution in [2.24, 2.45) is 0 Å². The first-order chi connectivity index (χ1) is 11.3. The number of hydrogen-bond acceptors (Lipinski definition) is 3. The molecule has 0 radical (unpaired) electrons. The van der Waals surface area contributed by atoms with Gasteiger partial charge >= 0.3 is 0 Å². The molecule has 0 atom stereocenters. The van der Waals surface area contributed by atoms with E-state index in [2.05, 4.69) is 16.5 Å². The van der Waals surface area contributed by atoms with E-state index in [0.717, 1.165) is 63.7 Å². The van der Waals surface area contributed by atoms with Crippen molar-refractivity contribution in [3.05, 3.63) is 17.0 Å². The maximum absolute atomic E-state index is 12.9. The molecule has 0 N–H and O–H groups in total. The Bertz CT molecular complexity index is 582. The summed E-state index contributed by atoms with van der Waals surface area (Å²) in [7, 11) is 0. The second-order valence-electron chi connectivity index (χ2n) is 7.25. The van der Waals surface area contributed by atoms with Gasteiger partial charge in [-0.2, -0.15) is 5.10 Å². The molecule has 3 heterocycles. The fourth-order valence-electron chi connectivity index (χ4n) is 4.60. The number of aryl methyl sites for hydroxylation is 1. The van der Waals surface area contributed by atoms with E-state index < -0.39 is 0 Å². The molecular weight excluding hydrogens is 288 g/mol. The number of nitrogens with zero attached hydrogens (tertiary/aromatic N) is 4. The molecule has 0 bridgehead atoms. The van der Waals surface area contributed by atoms with Crippen LogP contribution in [0.25, 0.3) is 0 Å². The number of carbonyl (C=O) groups excluding carboxylic acids is 1. The van der Waals surface area contributed by atoms with Crippen LogP contribution in [-0.2, 0) is 19.5 Å². The van der Waals surface area contributed by atoms with Crippen LogP contribution in [0.4, 0.5) is 0 Å². The van der Waals surface area contributed by atoms with Gasteiger partial charge < -0.3 is 4.90 Å². The van der Waals surface area contributed by atoms with Gasteiger partial charge in [0.1, 0.15) is 0 Å². The Hall–Kier alpha value is -1.36. The first-order valence-corrected chi connectivity index (χ1v) is 9.39. The third kappa shape index (κ3) is 2.69. The van der Waals surface area contributed by atoms with Crippen LogP contribution in [0.2, 0.25) is 0 Å². The highest BCUT2D eigenvalue weighted by atomic mass is 16.2. The van der Waals surface area contributed by atoms with E-state index in [9.17, 15) is 4.79 Å². The third-order valence-corrected chi connectivity index (χ3v) is 5.90. The van der Waals surface area contributed by atoms with E-state index in [-0.39, 0.29) is 5.91 Å². The summed E-state index contributed by atoms with van der Waals surface area (Å²) < 4.78 is 2.07. The number of hydrogen-bond donors (Lipinski definition) is 0. The number of aromatic nitrogens is 2. The van der Waals surface area contributed by atoms with E-state index in [0.29, 0.717) is 0 Å². The number of carbonyl (C=O) groups is 1. The molecule has 4 rings (SSSR count). The van der Waals surface area contributed by atoms with E-state index >= 15 is 0 Å². The van der Waals surface area contributed by atoms with Crippen LogP contribution >= 0.6 is 0 Å². The Morgan fingerprint density at radius 3 is 2.57 bits per heavy atom. The van der Waals surface area contributed by atoms with Gasteiger partial charge in [-0.15, -0.1) is 0 Å². The second-order valence-corrected chi connectivity index (χ2v) is 7.25. The lowest BCUT2D eigenvalue weighted by Gasteiger charge is -2.32. The Kier molecular flexibility index (Phi) is 4.14. The molecule has 0 aromatic carbocycles. The molecule has 1 saturated carbocycles. The van der Waals surface area contributed by atoms with Crippen LogP contribution in [0, 0.1) is 0 Å². The first-order valence-electron chi connectivity index (χ1n) is 9.39. The molecule has 1 aliphatic carbocycles. The Morgan fingerprint density at radius 2 is 1.87 bits per heavy atom. The average Bonchev–Trinajstić information content (AvgIpc) is 3.33. The largest absolute Gasteiger partial charge is 0.337 e. The van der Waals surface area contributed by atoms with Crippen molar-refractivity contribution < 1.29 is 4.79 Å². The van der Waals surface area contributed by atoms with Crippen molar-refractivity contribution in [2.75, 3.05) is 19.6 Å². The average molecular weight is 316 g/mol. The number of fused-ring (bicyclic) bond motifs is 1. The maximum atomic E-state index is 12.9. The summed E-state index contributed by atoms with van der Waals surface area (Å²) in [6.45, 7) is 6.84. The normalized spacial score (nSPS) is 22.7. The zero-order chi connectivity index (χ0) is 15.8. The molecular formula is C18H28N4O. The van der Waals surface area contributed by atoms with Gasteiger partial charge in [0.25, 0.3) is 5.91 Å². The molecule has 1 aromatic heterocycles. The summed E-state index contributed by atoms with van der Waals surface area (Å²) in [5, 5.41) is 4.71. The smallest absolute Gasteiger partial charge is 0.274 e. The summed E-state index contributed by atoms with van der Waals surface area (Å²) in [4.78, 5) is 17.5. The van der Waals surface area contributed by atoms with Crippen LogP contribution in [0.1, 0.15) is 67.2 Å². The fourth-order valence-corrected chi connectivity index (χ4v) is 4.60. The van der Waals surface area contributed by atoms with Gasteiger partial charge in [0.15, 0.2) is 5.69 Å². The molecule has 3 aliphatic rings. The summed E-state index contributed by atoms with van der Waals surface area (Å²) in [6.07, 6.45) is 8.69. The van der Waals surface area contributed by atoms with Crippen molar-refractivity contribution in [3.63, 3.8) is 0 Å². The van der Waals surface area contributed by atoms with Crippen LogP contribution in [0.5, 0.6) is 0 Å². The minimum atomic E-state index is 0.166. The van der Waals surface area contributed by atoms with E-state index in [1.807, 2.05) is 4.90 Å². The molecule has 23 heavy (non-hydrogen) atoms. The van der Waals surface area contributed by atoms with Crippen LogP contribution in [-0.4, -0.2) is 51.2 Å². The van der Waals surface area contributed by atoms with Crippen molar-refractivity contribution in [2.45, 2.75) is 71.0 Å². The predicted octanol–water partition coefficient (Wildman–Crippen LogP) is 2.44. The summed E-state index contributed by atoms with van der Waals surface area (Å²) in [5.74, 6) is 0.166. The Balaban J connectivity index is 1.62. The second kappa shape index (κ2) is 6.27. The summed E-state index contributed by atoms with van der Waals surface area (Å²) in [5.41, 5.74) is 3.28. The van der Waals surface area contributed by atoms with Gasteiger partial charge in [0.05, 0.1) is 0 Å². The third-order valence-electron chi connectivity index (χ3n) is 5.90. The zero-order valence-corrected chi connectivity index (χ0v) is 14.3. The number of rotatable bonds is 3. The van der Waals surface area contributed by atoms with Gasteiger partial charge in [-0.25, -0.2) is 0 Å². The minimum absolute atomic E-state index is 0.166. The van der Waals surface area contributed by atoms with Crippen molar-refractivity contribution in [1.82, 2.24) is 19.6 Å². The Morgan fingerprint density at radius 1 is 1.13 bits per heavy atom. The Labute approximate surface area is 138 Å². The number of amides is 1. The quantitative estimate of drug-likeness (QED) is 0.860. The zero-order valence-electron chi connectivity index (χ0n) is 14.3. The van der Waals surface area contributed by atoms with Gasteiger partial charge in [-0.3, -0.25) is 14.4 Å². The fraction of sp³-hybridized carbons (Fsp3) is 0.778. The topological polar surface area (TPSA) is 41.4 Å². The highest BCUT2D eigenvalue weighted by molar-refractivity contribution is 5.94. The lowest BCUT2D eigenvalue weighted by molar-refractivity contribution is 0.0782. The van der Waals surface area contributed by atoms with E-state index in [1.54, 1.807) is 0 Å². The minimum Gasteiger partial charge on any atom is -0.337 e. The monoisotopic (exact) mass is 316 g/mol. The molecule has 5 nitrogen and oxygen atoms in total. The molecule has 2 aliphatic heterocycles. The molecule has 1 amide bonds. The van der Waals surface area contributed by atoms with Gasteiger partial charge in [-0.1, -0.05) is 12.8 Å². The molecule has 2 fully saturated rings. The SMILES string of the molecule is CCn1nc(C(=O)N2CCCC2)c2c1CCN(C1CCCC1)C2. The lowest BCUT2D eigenvalue weighted by atomic mass is 10.0. The molecule has 0 spiro atoms. The van der Waals surface area contributed by atoms with Gasteiger partial charge in [0, 0.05) is 56.4 Å². The highest BCUT2D eigenvalue weighted by Crippen LogP contribution is 2.30. The van der Waals surface area contributed by atoms with Crippen molar-refractivity contribution in [3.8, 4) is 0 Å². The molecule has 0 unspecified atom stereocenters. The van der Waals surface area contributed by atoms with Crippen molar-refractivity contribution >= 4 is 5.91 Å². The molecule has 126 valence electrons. The van der Waals surface area contributed by atoms with Crippen LogP contribution in [0.15, 0.2) is 0 Å². The lowest BCUT2D eigenvalue weighted by Crippen LogP contribution is -2.39. The van der Waals surface area contributed by atoms with Gasteiger partial charge in [-0.05, 0) is 32.6 Å².